The van der Waals surface area contributed by atoms with E-state index in [1.807, 2.05) is 30.3 Å². The first-order valence-electron chi connectivity index (χ1n) is 9.20. The van der Waals surface area contributed by atoms with Gasteiger partial charge in [0, 0.05) is 37.1 Å². The summed E-state index contributed by atoms with van der Waals surface area (Å²) < 4.78 is 1.66. The summed E-state index contributed by atoms with van der Waals surface area (Å²) in [4.78, 5) is 29.4. The molecule has 0 atom stereocenters. The number of fused-ring (bicyclic) bond motifs is 1. The van der Waals surface area contributed by atoms with Gasteiger partial charge in [0.25, 0.3) is 5.91 Å². The number of rotatable bonds is 5. The summed E-state index contributed by atoms with van der Waals surface area (Å²) in [6, 6.07) is 17.5. The first-order chi connectivity index (χ1) is 14.4. The van der Waals surface area contributed by atoms with Gasteiger partial charge in [-0.25, -0.2) is 9.31 Å². The molecular weight excluding hydrogens is 382 g/mol. The lowest BCUT2D eigenvalue weighted by atomic mass is 10.0. The first-order valence-corrected chi connectivity index (χ1v) is 9.20. The largest absolute Gasteiger partial charge is 0.478 e. The summed E-state index contributed by atoms with van der Waals surface area (Å²) in [6.45, 7) is 0. The number of aromatic carboxylic acids is 1. The van der Waals surface area contributed by atoms with E-state index < -0.39 is 5.97 Å². The van der Waals surface area contributed by atoms with E-state index in [1.54, 1.807) is 43.0 Å². The van der Waals surface area contributed by atoms with Crippen molar-refractivity contribution >= 4 is 29.2 Å². The van der Waals surface area contributed by atoms with Gasteiger partial charge in [-0.3, -0.25) is 4.79 Å². The number of pyridine rings is 1. The van der Waals surface area contributed by atoms with E-state index >= 15 is 0 Å². The molecule has 2 aromatic carbocycles. The van der Waals surface area contributed by atoms with Crippen LogP contribution in [0.15, 0.2) is 66.9 Å². The molecule has 0 saturated heterocycles. The lowest BCUT2D eigenvalue weighted by Gasteiger charge is -2.11. The lowest BCUT2D eigenvalue weighted by Crippen LogP contribution is -2.21. The number of carboxylic acid groups (broad SMARTS) is 1. The third kappa shape index (κ3) is 3.70. The summed E-state index contributed by atoms with van der Waals surface area (Å²) in [5.41, 5.74) is 3.81. The molecule has 0 bridgehead atoms. The predicted molar refractivity (Wildman–Crippen MR) is 113 cm³/mol. The highest BCUT2D eigenvalue weighted by atomic mass is 16.4. The van der Waals surface area contributed by atoms with Gasteiger partial charge in [-0.15, -0.1) is 5.10 Å². The zero-order valence-corrected chi connectivity index (χ0v) is 16.4. The van der Waals surface area contributed by atoms with Crippen LogP contribution in [0.3, 0.4) is 0 Å². The monoisotopic (exact) mass is 401 g/mol. The second kappa shape index (κ2) is 7.67. The third-order valence-corrected chi connectivity index (χ3v) is 4.58. The molecule has 0 saturated carbocycles. The van der Waals surface area contributed by atoms with Crippen molar-refractivity contribution in [2.75, 3.05) is 19.4 Å². The SMILES string of the molecule is CN(C)C(=O)c1cccc(-c2cccn3nc(Nc4ccc(C(=O)O)cc4)nc23)c1. The zero-order valence-electron chi connectivity index (χ0n) is 16.4. The van der Waals surface area contributed by atoms with Gasteiger partial charge in [0.05, 0.1) is 5.56 Å². The van der Waals surface area contributed by atoms with Gasteiger partial charge in [0.2, 0.25) is 5.95 Å². The molecule has 150 valence electrons. The Kier molecular flexibility index (Phi) is 4.89. The zero-order chi connectivity index (χ0) is 21.3. The maximum atomic E-state index is 12.3. The Morgan fingerprint density at radius 3 is 2.47 bits per heavy atom. The van der Waals surface area contributed by atoms with Crippen LogP contribution in [-0.4, -0.2) is 50.6 Å². The molecular formula is C22H19N5O3. The lowest BCUT2D eigenvalue weighted by molar-refractivity contribution is 0.0696. The van der Waals surface area contributed by atoms with E-state index in [9.17, 15) is 9.59 Å². The van der Waals surface area contributed by atoms with Crippen LogP contribution >= 0.6 is 0 Å². The fourth-order valence-electron chi connectivity index (χ4n) is 3.09. The molecule has 2 aromatic heterocycles. The topological polar surface area (TPSA) is 99.8 Å². The second-order valence-electron chi connectivity index (χ2n) is 6.91. The molecule has 8 nitrogen and oxygen atoms in total. The van der Waals surface area contributed by atoms with Gasteiger partial charge < -0.3 is 15.3 Å². The normalized spacial score (nSPS) is 10.7. The number of carbonyl (C=O) groups excluding carboxylic acids is 1. The van der Waals surface area contributed by atoms with Crippen molar-refractivity contribution in [3.63, 3.8) is 0 Å². The summed E-state index contributed by atoms with van der Waals surface area (Å²) in [5.74, 6) is -0.671. The molecule has 8 heteroatoms. The number of nitrogens with zero attached hydrogens (tertiary/aromatic N) is 4. The van der Waals surface area contributed by atoms with Crippen LogP contribution in [0.5, 0.6) is 0 Å². The minimum Gasteiger partial charge on any atom is -0.478 e. The third-order valence-electron chi connectivity index (χ3n) is 4.58. The van der Waals surface area contributed by atoms with Crippen LogP contribution in [0.2, 0.25) is 0 Å². The smallest absolute Gasteiger partial charge is 0.335 e. The summed E-state index contributed by atoms with van der Waals surface area (Å²) in [7, 11) is 3.43. The number of hydrogen-bond donors (Lipinski definition) is 2. The molecule has 4 rings (SSSR count). The number of carbonyl (C=O) groups is 2. The maximum Gasteiger partial charge on any atom is 0.335 e. The van der Waals surface area contributed by atoms with Crippen LogP contribution in [0.1, 0.15) is 20.7 Å². The summed E-state index contributed by atoms with van der Waals surface area (Å²) in [6.07, 6.45) is 1.79. The van der Waals surface area contributed by atoms with Gasteiger partial charge in [0.1, 0.15) is 0 Å². The van der Waals surface area contributed by atoms with E-state index in [0.29, 0.717) is 22.8 Å². The highest BCUT2D eigenvalue weighted by Crippen LogP contribution is 2.26. The molecule has 2 N–H and O–H groups in total. The number of hydrogen-bond acceptors (Lipinski definition) is 5. The summed E-state index contributed by atoms with van der Waals surface area (Å²) >= 11 is 0. The Bertz CT molecular complexity index is 1250. The van der Waals surface area contributed by atoms with Crippen LogP contribution in [0.4, 0.5) is 11.6 Å². The molecule has 0 spiro atoms. The molecule has 0 aliphatic heterocycles. The quantitative estimate of drug-likeness (QED) is 0.531. The molecule has 0 unspecified atom stereocenters. The second-order valence-corrected chi connectivity index (χ2v) is 6.91. The number of nitrogens with one attached hydrogen (secondary N) is 1. The average molecular weight is 401 g/mol. The molecule has 30 heavy (non-hydrogen) atoms. The molecule has 4 aromatic rings. The fraction of sp³-hybridized carbons (Fsp3) is 0.0909. The average Bonchev–Trinajstić information content (AvgIpc) is 3.16. The summed E-state index contributed by atoms with van der Waals surface area (Å²) in [5, 5.41) is 16.5. The number of anilines is 2. The maximum absolute atomic E-state index is 12.3. The van der Waals surface area contributed by atoms with Gasteiger partial charge in [-0.2, -0.15) is 4.98 Å². The molecule has 0 radical (unpaired) electrons. The van der Waals surface area contributed by atoms with Gasteiger partial charge in [0.15, 0.2) is 5.65 Å². The van der Waals surface area contributed by atoms with Crippen LogP contribution in [0.25, 0.3) is 16.8 Å². The van der Waals surface area contributed by atoms with Crippen molar-refractivity contribution < 1.29 is 14.7 Å². The Labute approximate surface area is 172 Å². The Balaban J connectivity index is 1.68. The number of aromatic nitrogens is 3. The predicted octanol–water partition coefficient (Wildman–Crippen LogP) is 3.54. The van der Waals surface area contributed by atoms with E-state index in [0.717, 1.165) is 11.1 Å². The Morgan fingerprint density at radius 1 is 1.00 bits per heavy atom. The standard InChI is InChI=1S/C22H19N5O3/c1-26(2)20(28)16-6-3-5-15(13-16)18-7-4-12-27-19(18)24-22(25-27)23-17-10-8-14(9-11-17)21(29)30/h3-13H,1-2H3,(H,23,25)(H,29,30). The fourth-order valence-corrected chi connectivity index (χ4v) is 3.09. The number of amides is 1. The van der Waals surface area contributed by atoms with Gasteiger partial charge in [-0.1, -0.05) is 12.1 Å². The van der Waals surface area contributed by atoms with Gasteiger partial charge in [-0.05, 0) is 54.1 Å². The van der Waals surface area contributed by atoms with Crippen molar-refractivity contribution in [3.05, 3.63) is 78.0 Å². The number of benzene rings is 2. The molecule has 0 aliphatic rings. The molecule has 0 aliphatic carbocycles. The number of carboxylic acids is 1. The van der Waals surface area contributed by atoms with Gasteiger partial charge >= 0.3 is 5.97 Å². The van der Waals surface area contributed by atoms with Crippen LogP contribution < -0.4 is 5.32 Å². The van der Waals surface area contributed by atoms with E-state index in [-0.39, 0.29) is 11.5 Å². The highest BCUT2D eigenvalue weighted by Gasteiger charge is 2.13. The minimum atomic E-state index is -0.980. The van der Waals surface area contributed by atoms with E-state index in [4.69, 9.17) is 5.11 Å². The Morgan fingerprint density at radius 2 is 1.77 bits per heavy atom. The van der Waals surface area contributed by atoms with Crippen molar-refractivity contribution in [2.45, 2.75) is 0 Å². The van der Waals surface area contributed by atoms with Crippen molar-refractivity contribution in [1.29, 1.82) is 0 Å². The molecule has 0 fully saturated rings. The molecule has 2 heterocycles. The van der Waals surface area contributed by atoms with Crippen molar-refractivity contribution in [1.82, 2.24) is 19.5 Å². The van der Waals surface area contributed by atoms with E-state index in [2.05, 4.69) is 15.4 Å². The van der Waals surface area contributed by atoms with Crippen molar-refractivity contribution in [2.24, 2.45) is 0 Å². The highest BCUT2D eigenvalue weighted by molar-refractivity contribution is 5.95. The molecule has 1 amide bonds. The van der Waals surface area contributed by atoms with Crippen molar-refractivity contribution in [3.8, 4) is 11.1 Å². The minimum absolute atomic E-state index is 0.0718. The Hall–Kier alpha value is -4.20. The van der Waals surface area contributed by atoms with Crippen LogP contribution in [0, 0.1) is 0 Å². The van der Waals surface area contributed by atoms with Crippen LogP contribution in [-0.2, 0) is 0 Å². The first kappa shape index (κ1) is 19.1. The van der Waals surface area contributed by atoms with E-state index in [1.165, 1.54) is 17.0 Å².